The van der Waals surface area contributed by atoms with Crippen LogP contribution in [0.15, 0.2) is 59.5 Å². The maximum Gasteiger partial charge on any atom is 0.341 e. The highest BCUT2D eigenvalue weighted by atomic mass is 35.5. The summed E-state index contributed by atoms with van der Waals surface area (Å²) in [5.41, 5.74) is 2.18. The highest BCUT2D eigenvalue weighted by Crippen LogP contribution is 2.37. The van der Waals surface area contributed by atoms with Gasteiger partial charge in [0.05, 0.1) is 13.2 Å². The summed E-state index contributed by atoms with van der Waals surface area (Å²) in [5, 5.41) is 14.9. The zero-order valence-corrected chi connectivity index (χ0v) is 20.3. The van der Waals surface area contributed by atoms with Gasteiger partial charge in [-0.05, 0) is 54.8 Å². The number of carbonyl (C=O) groups excluding carboxylic acids is 2. The first-order valence-electron chi connectivity index (χ1n) is 10.7. The van der Waals surface area contributed by atoms with Gasteiger partial charge in [0.1, 0.15) is 28.0 Å². The Hall–Kier alpha value is -3.60. The molecule has 8 heteroatoms. The first kappa shape index (κ1) is 25.0. The van der Waals surface area contributed by atoms with Crippen molar-refractivity contribution in [2.24, 2.45) is 0 Å². The van der Waals surface area contributed by atoms with Gasteiger partial charge >= 0.3 is 5.97 Å². The summed E-state index contributed by atoms with van der Waals surface area (Å²) < 4.78 is 10.8. The standard InChI is InChI=1S/C26H23ClN2O4S/c1-3-13-33-21-11-5-17(6-12-21)14-19(15-28)24(30)29-25-23(26(31)32-4-2)22(16-34-25)18-7-9-20(27)10-8-18/h5-12,14,16H,3-4,13H2,1-2H3,(H,29,30)/b19-14+. The van der Waals surface area contributed by atoms with Crippen LogP contribution in [0.1, 0.15) is 36.2 Å². The number of amides is 1. The molecular weight excluding hydrogens is 472 g/mol. The van der Waals surface area contributed by atoms with Crippen LogP contribution in [0.25, 0.3) is 17.2 Å². The molecule has 174 valence electrons. The van der Waals surface area contributed by atoms with E-state index in [0.29, 0.717) is 33.5 Å². The molecule has 6 nitrogen and oxygen atoms in total. The fraction of sp³-hybridized carbons (Fsp3) is 0.192. The molecular formula is C26H23ClN2O4S. The Balaban J connectivity index is 1.87. The van der Waals surface area contributed by atoms with Gasteiger partial charge in [-0.15, -0.1) is 11.3 Å². The predicted octanol–water partition coefficient (Wildman–Crippen LogP) is 6.58. The fourth-order valence-electron chi connectivity index (χ4n) is 3.06. The summed E-state index contributed by atoms with van der Waals surface area (Å²) in [6.07, 6.45) is 2.38. The normalized spacial score (nSPS) is 10.9. The fourth-order valence-corrected chi connectivity index (χ4v) is 4.14. The molecule has 2 aromatic carbocycles. The number of halogens is 1. The number of benzene rings is 2. The number of esters is 1. The average Bonchev–Trinajstić information content (AvgIpc) is 3.26. The molecule has 3 rings (SSSR count). The van der Waals surface area contributed by atoms with E-state index < -0.39 is 11.9 Å². The molecule has 1 heterocycles. The van der Waals surface area contributed by atoms with Crippen LogP contribution in [-0.2, 0) is 9.53 Å². The molecule has 0 unspecified atom stereocenters. The van der Waals surface area contributed by atoms with Gasteiger partial charge in [0.25, 0.3) is 5.91 Å². The van der Waals surface area contributed by atoms with E-state index in [9.17, 15) is 14.9 Å². The largest absolute Gasteiger partial charge is 0.494 e. The maximum atomic E-state index is 12.9. The van der Waals surface area contributed by atoms with Gasteiger partial charge in [0.2, 0.25) is 0 Å². The third-order valence-corrected chi connectivity index (χ3v) is 5.83. The van der Waals surface area contributed by atoms with Gasteiger partial charge in [-0.25, -0.2) is 4.79 Å². The molecule has 3 aromatic rings. The Morgan fingerprint density at radius 1 is 1.12 bits per heavy atom. The van der Waals surface area contributed by atoms with Crippen LogP contribution in [0.4, 0.5) is 5.00 Å². The lowest BCUT2D eigenvalue weighted by molar-refractivity contribution is -0.112. The molecule has 0 fully saturated rings. The first-order chi connectivity index (χ1) is 16.5. The second-order valence-electron chi connectivity index (χ2n) is 7.12. The minimum atomic E-state index is -0.621. The number of thiophene rings is 1. The topological polar surface area (TPSA) is 88.4 Å². The van der Waals surface area contributed by atoms with Gasteiger partial charge < -0.3 is 14.8 Å². The van der Waals surface area contributed by atoms with E-state index in [-0.39, 0.29) is 17.7 Å². The highest BCUT2D eigenvalue weighted by molar-refractivity contribution is 7.15. The second kappa shape index (κ2) is 12.0. The first-order valence-corrected chi connectivity index (χ1v) is 11.9. The molecule has 0 aliphatic rings. The number of rotatable bonds is 9. The molecule has 0 atom stereocenters. The Morgan fingerprint density at radius 2 is 1.82 bits per heavy atom. The highest BCUT2D eigenvalue weighted by Gasteiger charge is 2.23. The third kappa shape index (κ3) is 6.25. The summed E-state index contributed by atoms with van der Waals surface area (Å²) >= 11 is 7.17. The number of hydrogen-bond acceptors (Lipinski definition) is 6. The van der Waals surface area contributed by atoms with E-state index in [0.717, 1.165) is 12.0 Å². The predicted molar refractivity (Wildman–Crippen MR) is 135 cm³/mol. The van der Waals surface area contributed by atoms with Crippen molar-refractivity contribution in [3.8, 4) is 22.9 Å². The van der Waals surface area contributed by atoms with E-state index in [1.54, 1.807) is 60.8 Å². The van der Waals surface area contributed by atoms with E-state index in [1.807, 2.05) is 13.0 Å². The Bertz CT molecular complexity index is 1230. The SMILES string of the molecule is CCCOc1ccc(/C=C(\C#N)C(=O)Nc2scc(-c3ccc(Cl)cc3)c2C(=O)OCC)cc1. The van der Waals surface area contributed by atoms with Crippen molar-refractivity contribution in [1.82, 2.24) is 0 Å². The van der Waals surface area contributed by atoms with Gasteiger partial charge in [0, 0.05) is 16.0 Å². The van der Waals surface area contributed by atoms with Crippen LogP contribution in [-0.4, -0.2) is 25.1 Å². The van der Waals surface area contributed by atoms with Crippen molar-refractivity contribution < 1.29 is 19.1 Å². The van der Waals surface area contributed by atoms with Gasteiger partial charge in [-0.3, -0.25) is 4.79 Å². The molecule has 0 aliphatic heterocycles. The van der Waals surface area contributed by atoms with Crippen LogP contribution < -0.4 is 10.1 Å². The van der Waals surface area contributed by atoms with Crippen LogP contribution in [0.2, 0.25) is 5.02 Å². The third-order valence-electron chi connectivity index (χ3n) is 4.68. The Morgan fingerprint density at radius 3 is 2.44 bits per heavy atom. The molecule has 0 saturated carbocycles. The number of nitriles is 1. The lowest BCUT2D eigenvalue weighted by atomic mass is 10.0. The monoisotopic (exact) mass is 494 g/mol. The number of nitrogens with zero attached hydrogens (tertiary/aromatic N) is 1. The number of hydrogen-bond donors (Lipinski definition) is 1. The molecule has 0 radical (unpaired) electrons. The molecule has 34 heavy (non-hydrogen) atoms. The van der Waals surface area contributed by atoms with Crippen LogP contribution in [0.3, 0.4) is 0 Å². The Kier molecular flexibility index (Phi) is 8.86. The van der Waals surface area contributed by atoms with Gasteiger partial charge in [-0.1, -0.05) is 42.8 Å². The van der Waals surface area contributed by atoms with Crippen molar-refractivity contribution in [3.05, 3.63) is 75.6 Å². The van der Waals surface area contributed by atoms with E-state index in [4.69, 9.17) is 21.1 Å². The van der Waals surface area contributed by atoms with E-state index in [1.165, 1.54) is 17.4 Å². The molecule has 1 N–H and O–H groups in total. The number of ether oxygens (including phenoxy) is 2. The van der Waals surface area contributed by atoms with Crippen LogP contribution in [0.5, 0.6) is 5.75 Å². The number of anilines is 1. The average molecular weight is 495 g/mol. The molecule has 0 saturated heterocycles. The summed E-state index contributed by atoms with van der Waals surface area (Å²) in [6, 6.07) is 16.0. The van der Waals surface area contributed by atoms with Gasteiger partial charge in [-0.2, -0.15) is 5.26 Å². The molecule has 0 aliphatic carbocycles. The smallest absolute Gasteiger partial charge is 0.341 e. The molecule has 1 amide bonds. The summed E-state index contributed by atoms with van der Waals surface area (Å²) in [5.74, 6) is -0.465. The lowest BCUT2D eigenvalue weighted by Crippen LogP contribution is -2.16. The quantitative estimate of drug-likeness (QED) is 0.206. The lowest BCUT2D eigenvalue weighted by Gasteiger charge is -2.09. The van der Waals surface area contributed by atoms with Crippen molar-refractivity contribution in [2.75, 3.05) is 18.5 Å². The number of nitrogens with one attached hydrogen (secondary N) is 1. The Labute approximate surface area is 207 Å². The van der Waals surface area contributed by atoms with E-state index >= 15 is 0 Å². The zero-order valence-electron chi connectivity index (χ0n) is 18.8. The number of carbonyl (C=O) groups is 2. The summed E-state index contributed by atoms with van der Waals surface area (Å²) in [7, 11) is 0. The van der Waals surface area contributed by atoms with E-state index in [2.05, 4.69) is 5.32 Å². The molecule has 0 spiro atoms. The minimum Gasteiger partial charge on any atom is -0.494 e. The van der Waals surface area contributed by atoms with Gasteiger partial charge in [0.15, 0.2) is 0 Å². The molecule has 1 aromatic heterocycles. The van der Waals surface area contributed by atoms with Crippen molar-refractivity contribution in [1.29, 1.82) is 5.26 Å². The van der Waals surface area contributed by atoms with Crippen LogP contribution >= 0.6 is 22.9 Å². The van der Waals surface area contributed by atoms with Crippen molar-refractivity contribution >= 4 is 45.9 Å². The maximum absolute atomic E-state index is 12.9. The minimum absolute atomic E-state index is 0.0986. The summed E-state index contributed by atoms with van der Waals surface area (Å²) in [4.78, 5) is 25.6. The van der Waals surface area contributed by atoms with Crippen LogP contribution in [0, 0.1) is 11.3 Å². The second-order valence-corrected chi connectivity index (χ2v) is 8.44. The van der Waals surface area contributed by atoms with Crippen molar-refractivity contribution in [3.63, 3.8) is 0 Å². The molecule has 0 bridgehead atoms. The summed E-state index contributed by atoms with van der Waals surface area (Å²) in [6.45, 7) is 4.53. The zero-order chi connectivity index (χ0) is 24.5. The van der Waals surface area contributed by atoms with Crippen molar-refractivity contribution in [2.45, 2.75) is 20.3 Å².